The van der Waals surface area contributed by atoms with Crippen LogP contribution in [0.4, 0.5) is 0 Å². The highest BCUT2D eigenvalue weighted by Gasteiger charge is 1.99. The maximum absolute atomic E-state index is 10.6. The Balaban J connectivity index is 2.48. The third kappa shape index (κ3) is 1.58. The maximum atomic E-state index is 10.6. The maximum Gasteiger partial charge on any atom is 0.325 e. The van der Waals surface area contributed by atoms with Gasteiger partial charge in [-0.1, -0.05) is 0 Å². The number of rotatable bonds is 2. The predicted molar refractivity (Wildman–Crippen MR) is 33.1 cm³/mol. The molecule has 1 aromatic heterocycles. The van der Waals surface area contributed by atoms with Gasteiger partial charge in [0.2, 0.25) is 0 Å². The number of carbonyl (C=O) groups excluding carboxylic acids is 1. The first-order valence-electron chi connectivity index (χ1n) is 2.78. The van der Waals surface area contributed by atoms with E-state index in [0.29, 0.717) is 0 Å². The summed E-state index contributed by atoms with van der Waals surface area (Å²) in [5.74, 6) is -0.297. The standard InChI is InChI=1S/C6H7N2O2/c1-10-6(9)4-8-3-2-7-5-8/h2-3H,4H2,1H3. The molecule has 0 saturated heterocycles. The number of nitrogens with zero attached hydrogens (tertiary/aromatic N) is 2. The highest BCUT2D eigenvalue weighted by Crippen LogP contribution is 1.85. The van der Waals surface area contributed by atoms with Crippen molar-refractivity contribution in [1.82, 2.24) is 9.55 Å². The van der Waals surface area contributed by atoms with Crippen molar-refractivity contribution in [2.24, 2.45) is 0 Å². The van der Waals surface area contributed by atoms with E-state index in [1.165, 1.54) is 11.7 Å². The van der Waals surface area contributed by atoms with Crippen LogP contribution in [-0.2, 0) is 16.1 Å². The Labute approximate surface area is 58.4 Å². The summed E-state index contributed by atoms with van der Waals surface area (Å²) in [5.41, 5.74) is 0. The molecule has 1 heterocycles. The molecule has 0 spiro atoms. The molecule has 0 bridgehead atoms. The Kier molecular flexibility index (Phi) is 2.04. The van der Waals surface area contributed by atoms with Crippen molar-refractivity contribution in [3.05, 3.63) is 18.7 Å². The molecule has 0 aliphatic carbocycles. The van der Waals surface area contributed by atoms with Gasteiger partial charge in [-0.2, -0.15) is 0 Å². The Bertz CT molecular complexity index is 206. The highest BCUT2D eigenvalue weighted by atomic mass is 16.5. The van der Waals surface area contributed by atoms with Crippen molar-refractivity contribution in [2.45, 2.75) is 6.54 Å². The summed E-state index contributed by atoms with van der Waals surface area (Å²) in [6.45, 7) is 0.177. The molecule has 1 radical (unpaired) electrons. The lowest BCUT2D eigenvalue weighted by Crippen LogP contribution is -2.09. The Morgan fingerprint density at radius 3 is 3.20 bits per heavy atom. The van der Waals surface area contributed by atoms with Gasteiger partial charge in [-0.05, 0) is 0 Å². The summed E-state index contributed by atoms with van der Waals surface area (Å²) in [6.07, 6.45) is 5.78. The van der Waals surface area contributed by atoms with E-state index in [1.807, 2.05) is 0 Å². The van der Waals surface area contributed by atoms with Crippen molar-refractivity contribution in [1.29, 1.82) is 0 Å². The van der Waals surface area contributed by atoms with E-state index in [9.17, 15) is 4.79 Å². The van der Waals surface area contributed by atoms with E-state index < -0.39 is 0 Å². The Hall–Kier alpha value is -1.32. The number of esters is 1. The molecule has 0 unspecified atom stereocenters. The summed E-state index contributed by atoms with van der Waals surface area (Å²) in [7, 11) is 1.35. The third-order valence-corrected chi connectivity index (χ3v) is 1.03. The molecular formula is C6H7N2O2. The quantitative estimate of drug-likeness (QED) is 0.535. The molecule has 10 heavy (non-hydrogen) atoms. The highest BCUT2D eigenvalue weighted by molar-refractivity contribution is 5.68. The Morgan fingerprint density at radius 2 is 2.70 bits per heavy atom. The molecule has 4 nitrogen and oxygen atoms in total. The molecule has 0 aromatic carbocycles. The number of hydrogen-bond acceptors (Lipinski definition) is 3. The summed E-state index contributed by atoms with van der Waals surface area (Å²) >= 11 is 0. The second-order valence-corrected chi connectivity index (χ2v) is 1.73. The zero-order valence-electron chi connectivity index (χ0n) is 5.57. The van der Waals surface area contributed by atoms with Crippen LogP contribution in [0, 0.1) is 6.33 Å². The smallest absolute Gasteiger partial charge is 0.325 e. The molecule has 0 aliphatic rings. The van der Waals surface area contributed by atoms with Gasteiger partial charge in [0, 0.05) is 12.4 Å². The molecule has 0 atom stereocenters. The van der Waals surface area contributed by atoms with Crippen molar-refractivity contribution >= 4 is 5.97 Å². The van der Waals surface area contributed by atoms with E-state index in [4.69, 9.17) is 0 Å². The summed E-state index contributed by atoms with van der Waals surface area (Å²) < 4.78 is 5.94. The predicted octanol–water partition coefficient (Wildman–Crippen LogP) is -0.144. The fourth-order valence-electron chi connectivity index (χ4n) is 0.546. The molecule has 1 rings (SSSR count). The van der Waals surface area contributed by atoms with Crippen LogP contribution in [0.1, 0.15) is 0 Å². The lowest BCUT2D eigenvalue weighted by atomic mass is 10.6. The van der Waals surface area contributed by atoms with Crippen molar-refractivity contribution in [3.8, 4) is 0 Å². The monoisotopic (exact) mass is 139 g/mol. The average Bonchev–Trinajstić information content (AvgIpc) is 2.40. The molecule has 4 heteroatoms. The fourth-order valence-corrected chi connectivity index (χ4v) is 0.546. The number of carbonyl (C=O) groups is 1. The van der Waals surface area contributed by atoms with Gasteiger partial charge in [-0.15, -0.1) is 0 Å². The minimum absolute atomic E-state index is 0.177. The third-order valence-electron chi connectivity index (χ3n) is 1.03. The lowest BCUT2D eigenvalue weighted by molar-refractivity contribution is -0.141. The molecule has 0 fully saturated rings. The minimum Gasteiger partial charge on any atom is -0.468 e. The number of hydrogen-bond donors (Lipinski definition) is 0. The Morgan fingerprint density at radius 1 is 1.90 bits per heavy atom. The van der Waals surface area contributed by atoms with Gasteiger partial charge in [-0.3, -0.25) is 4.79 Å². The van der Waals surface area contributed by atoms with Gasteiger partial charge in [0.05, 0.1) is 7.11 Å². The first-order valence-corrected chi connectivity index (χ1v) is 2.78. The van der Waals surface area contributed by atoms with Gasteiger partial charge < -0.3 is 9.30 Å². The van der Waals surface area contributed by atoms with Crippen LogP contribution in [0.5, 0.6) is 0 Å². The second-order valence-electron chi connectivity index (χ2n) is 1.73. The molecular weight excluding hydrogens is 132 g/mol. The van der Waals surface area contributed by atoms with Crippen LogP contribution in [0.2, 0.25) is 0 Å². The van der Waals surface area contributed by atoms with Gasteiger partial charge in [0.1, 0.15) is 6.54 Å². The van der Waals surface area contributed by atoms with Crippen LogP contribution in [0.15, 0.2) is 12.4 Å². The largest absolute Gasteiger partial charge is 0.468 e. The van der Waals surface area contributed by atoms with Gasteiger partial charge in [-0.25, -0.2) is 4.98 Å². The van der Waals surface area contributed by atoms with E-state index in [0.717, 1.165) is 0 Å². The molecule has 0 amide bonds. The van der Waals surface area contributed by atoms with Gasteiger partial charge in [0.15, 0.2) is 6.33 Å². The number of aromatic nitrogens is 2. The molecule has 53 valence electrons. The second kappa shape index (κ2) is 3.00. The van der Waals surface area contributed by atoms with Crippen molar-refractivity contribution in [3.63, 3.8) is 0 Å². The molecule has 0 N–H and O–H groups in total. The number of ether oxygens (including phenoxy) is 1. The van der Waals surface area contributed by atoms with Crippen LogP contribution in [0.25, 0.3) is 0 Å². The van der Waals surface area contributed by atoms with E-state index in [-0.39, 0.29) is 12.5 Å². The number of methoxy groups -OCH3 is 1. The summed E-state index contributed by atoms with van der Waals surface area (Å²) in [6, 6.07) is 0. The van der Waals surface area contributed by atoms with Gasteiger partial charge >= 0.3 is 5.97 Å². The summed E-state index contributed by atoms with van der Waals surface area (Å²) in [5, 5.41) is 0. The van der Waals surface area contributed by atoms with Crippen molar-refractivity contribution in [2.75, 3.05) is 7.11 Å². The topological polar surface area (TPSA) is 44.1 Å². The fraction of sp³-hybridized carbons (Fsp3) is 0.333. The zero-order chi connectivity index (χ0) is 7.40. The van der Waals surface area contributed by atoms with E-state index >= 15 is 0 Å². The number of imidazole rings is 1. The first-order chi connectivity index (χ1) is 4.83. The average molecular weight is 139 g/mol. The van der Waals surface area contributed by atoms with E-state index in [1.54, 1.807) is 12.4 Å². The van der Waals surface area contributed by atoms with Crippen molar-refractivity contribution < 1.29 is 9.53 Å². The van der Waals surface area contributed by atoms with Crippen LogP contribution < -0.4 is 0 Å². The first kappa shape index (κ1) is 6.80. The molecule has 1 aromatic rings. The van der Waals surface area contributed by atoms with Crippen LogP contribution in [0.3, 0.4) is 0 Å². The van der Waals surface area contributed by atoms with Crippen LogP contribution in [-0.4, -0.2) is 22.6 Å². The zero-order valence-corrected chi connectivity index (χ0v) is 5.57. The lowest BCUT2D eigenvalue weighted by Gasteiger charge is -1.96. The summed E-state index contributed by atoms with van der Waals surface area (Å²) in [4.78, 5) is 14.2. The normalized spacial score (nSPS) is 9.30. The van der Waals surface area contributed by atoms with Crippen LogP contribution >= 0.6 is 0 Å². The van der Waals surface area contributed by atoms with Gasteiger partial charge in [0.25, 0.3) is 0 Å². The van der Waals surface area contributed by atoms with E-state index in [2.05, 4.69) is 16.0 Å². The SMILES string of the molecule is COC(=O)Cn1[c]ncc1. The molecule has 0 saturated carbocycles. The minimum atomic E-state index is -0.297. The molecule has 0 aliphatic heterocycles.